The minimum absolute atomic E-state index is 0.141. The van der Waals surface area contributed by atoms with Gasteiger partial charge in [-0.2, -0.15) is 9.94 Å². The maximum atomic E-state index is 12.5. The fourth-order valence-electron chi connectivity index (χ4n) is 3.58. The third kappa shape index (κ3) is 3.92. The number of anilines is 1. The molecule has 1 atom stereocenters. The maximum absolute atomic E-state index is 12.5. The van der Waals surface area contributed by atoms with Crippen LogP contribution in [0.25, 0.3) is 0 Å². The zero-order chi connectivity index (χ0) is 20.6. The lowest BCUT2D eigenvalue weighted by Crippen LogP contribution is -2.26. The Morgan fingerprint density at radius 1 is 1.54 bits per heavy atom. The van der Waals surface area contributed by atoms with E-state index < -0.39 is 4.92 Å². The molecule has 1 amide bonds. The Morgan fingerprint density at radius 2 is 2.25 bits per heavy atom. The summed E-state index contributed by atoms with van der Waals surface area (Å²) in [6, 6.07) is 3.56. The number of hydrogen-bond donors (Lipinski definition) is 1. The molecule has 0 aliphatic heterocycles. The summed E-state index contributed by atoms with van der Waals surface area (Å²) in [5.74, 6) is -0.104. The third-order valence-corrected chi connectivity index (χ3v) is 6.47. The first kappa shape index (κ1) is 20.0. The summed E-state index contributed by atoms with van der Waals surface area (Å²) in [5.41, 5.74) is 2.32. The molecule has 0 unspecified atom stereocenters. The largest absolute Gasteiger partial charge is 0.390 e. The Bertz CT molecular complexity index is 977. The molecule has 148 valence electrons. The van der Waals surface area contributed by atoms with E-state index in [1.165, 1.54) is 27.0 Å². The van der Waals surface area contributed by atoms with E-state index in [0.29, 0.717) is 22.2 Å². The average Bonchev–Trinajstić information content (AvgIpc) is 3.13. The molecule has 1 aliphatic carbocycles. The lowest BCUT2D eigenvalue weighted by atomic mass is 9.72. The van der Waals surface area contributed by atoms with Gasteiger partial charge in [-0.05, 0) is 48.0 Å². The summed E-state index contributed by atoms with van der Waals surface area (Å²) in [6.45, 7) is 8.21. The van der Waals surface area contributed by atoms with Crippen LogP contribution in [0.15, 0.2) is 6.07 Å². The molecule has 2 heterocycles. The summed E-state index contributed by atoms with van der Waals surface area (Å²) in [5, 5.41) is 27.6. The number of nitriles is 1. The number of aromatic nitrogens is 2. The number of rotatable bonds is 4. The normalized spacial score (nSPS) is 16.3. The van der Waals surface area contributed by atoms with Crippen LogP contribution in [0.1, 0.15) is 48.9 Å². The molecular formula is C19H23N5O3S. The second-order valence-corrected chi connectivity index (χ2v) is 9.34. The molecule has 0 bridgehead atoms. The van der Waals surface area contributed by atoms with E-state index in [1.807, 2.05) is 0 Å². The number of hydrogen-bond acceptors (Lipinski definition) is 6. The molecule has 9 heteroatoms. The zero-order valence-electron chi connectivity index (χ0n) is 16.4. The first-order valence-electron chi connectivity index (χ1n) is 9.13. The van der Waals surface area contributed by atoms with Crippen molar-refractivity contribution in [3.05, 3.63) is 37.9 Å². The van der Waals surface area contributed by atoms with E-state index in [2.05, 4.69) is 37.3 Å². The number of nitrogens with zero attached hydrogens (tertiary/aromatic N) is 4. The SMILES string of the molecule is Cc1cc([N+](=O)[O-])nn1CC(=O)Nc1sc2c(c1C#N)CC[C@@H](C(C)(C)C)C2. The molecule has 0 saturated carbocycles. The van der Waals surface area contributed by atoms with Crippen LogP contribution in [-0.4, -0.2) is 20.6 Å². The Kier molecular flexibility index (Phi) is 5.26. The van der Waals surface area contributed by atoms with Crippen molar-refractivity contribution in [2.75, 3.05) is 5.32 Å². The van der Waals surface area contributed by atoms with Crippen molar-refractivity contribution < 1.29 is 9.72 Å². The van der Waals surface area contributed by atoms with Gasteiger partial charge in [0.2, 0.25) is 5.91 Å². The number of fused-ring (bicyclic) bond motifs is 1. The van der Waals surface area contributed by atoms with Crippen LogP contribution in [0.4, 0.5) is 10.8 Å². The maximum Gasteiger partial charge on any atom is 0.390 e. The van der Waals surface area contributed by atoms with Gasteiger partial charge in [-0.3, -0.25) is 4.79 Å². The van der Waals surface area contributed by atoms with Crippen molar-refractivity contribution >= 4 is 28.1 Å². The minimum Gasteiger partial charge on any atom is -0.358 e. The first-order valence-corrected chi connectivity index (χ1v) is 9.95. The molecule has 0 fully saturated rings. The molecular weight excluding hydrogens is 378 g/mol. The van der Waals surface area contributed by atoms with Crippen LogP contribution in [0.3, 0.4) is 0 Å². The lowest BCUT2D eigenvalue weighted by molar-refractivity contribution is -0.389. The fourth-order valence-corrected chi connectivity index (χ4v) is 4.87. The Hall–Kier alpha value is -2.73. The quantitative estimate of drug-likeness (QED) is 0.618. The Balaban J connectivity index is 1.78. The van der Waals surface area contributed by atoms with Gasteiger partial charge in [-0.1, -0.05) is 20.8 Å². The summed E-state index contributed by atoms with van der Waals surface area (Å²) in [6.07, 6.45) is 2.79. The molecule has 0 aromatic carbocycles. The van der Waals surface area contributed by atoms with E-state index in [1.54, 1.807) is 6.92 Å². The number of nitro groups is 1. The predicted molar refractivity (Wildman–Crippen MR) is 106 cm³/mol. The highest BCUT2D eigenvalue weighted by Gasteiger charge is 2.32. The second-order valence-electron chi connectivity index (χ2n) is 8.23. The smallest absolute Gasteiger partial charge is 0.358 e. The number of nitrogens with one attached hydrogen (secondary N) is 1. The van der Waals surface area contributed by atoms with E-state index >= 15 is 0 Å². The van der Waals surface area contributed by atoms with Gasteiger partial charge in [0.05, 0.1) is 22.4 Å². The predicted octanol–water partition coefficient (Wildman–Crippen LogP) is 3.82. The molecule has 2 aromatic heterocycles. The number of amides is 1. The summed E-state index contributed by atoms with van der Waals surface area (Å²) in [4.78, 5) is 23.9. The lowest BCUT2D eigenvalue weighted by Gasteiger charge is -2.33. The van der Waals surface area contributed by atoms with Crippen LogP contribution in [-0.2, 0) is 24.2 Å². The Morgan fingerprint density at radius 3 is 2.82 bits per heavy atom. The third-order valence-electron chi connectivity index (χ3n) is 5.30. The number of thiophene rings is 1. The molecule has 1 N–H and O–H groups in total. The summed E-state index contributed by atoms with van der Waals surface area (Å²) < 4.78 is 1.29. The standard InChI is InChI=1S/C19H23N5O3S/c1-11-7-16(24(26)27)22-23(11)10-17(25)21-18-14(9-20)13-6-5-12(19(2,3)4)8-15(13)28-18/h7,12H,5-6,8,10H2,1-4H3,(H,21,25)/t12-/m1/s1. The zero-order valence-corrected chi connectivity index (χ0v) is 17.2. The Labute approximate surface area is 167 Å². The van der Waals surface area contributed by atoms with Crippen molar-refractivity contribution in [2.24, 2.45) is 11.3 Å². The molecule has 0 saturated heterocycles. The minimum atomic E-state index is -0.589. The van der Waals surface area contributed by atoms with Gasteiger partial charge in [0.1, 0.15) is 17.6 Å². The highest BCUT2D eigenvalue weighted by Crippen LogP contribution is 2.43. The van der Waals surface area contributed by atoms with Crippen molar-refractivity contribution in [1.82, 2.24) is 9.78 Å². The van der Waals surface area contributed by atoms with Gasteiger partial charge in [-0.25, -0.2) is 0 Å². The van der Waals surface area contributed by atoms with E-state index in [4.69, 9.17) is 0 Å². The average molecular weight is 401 g/mol. The van der Waals surface area contributed by atoms with Gasteiger partial charge in [0, 0.05) is 4.88 Å². The van der Waals surface area contributed by atoms with Crippen LogP contribution < -0.4 is 5.32 Å². The van der Waals surface area contributed by atoms with Crippen LogP contribution in [0.2, 0.25) is 0 Å². The topological polar surface area (TPSA) is 114 Å². The van der Waals surface area contributed by atoms with Gasteiger partial charge < -0.3 is 15.4 Å². The van der Waals surface area contributed by atoms with E-state index in [0.717, 1.165) is 24.8 Å². The van der Waals surface area contributed by atoms with Crippen LogP contribution in [0.5, 0.6) is 0 Å². The van der Waals surface area contributed by atoms with E-state index in [9.17, 15) is 20.2 Å². The molecule has 0 radical (unpaired) electrons. The van der Waals surface area contributed by atoms with Gasteiger partial charge >= 0.3 is 5.82 Å². The monoisotopic (exact) mass is 401 g/mol. The fraction of sp³-hybridized carbons (Fsp3) is 0.526. The van der Waals surface area contributed by atoms with Gasteiger partial charge in [-0.15, -0.1) is 11.3 Å². The highest BCUT2D eigenvalue weighted by atomic mass is 32.1. The summed E-state index contributed by atoms with van der Waals surface area (Å²) >= 11 is 1.47. The van der Waals surface area contributed by atoms with Crippen LogP contribution in [0, 0.1) is 39.7 Å². The van der Waals surface area contributed by atoms with Gasteiger partial charge in [0.15, 0.2) is 0 Å². The molecule has 28 heavy (non-hydrogen) atoms. The van der Waals surface area contributed by atoms with Crippen molar-refractivity contribution in [1.29, 1.82) is 5.26 Å². The van der Waals surface area contributed by atoms with Gasteiger partial charge in [0.25, 0.3) is 0 Å². The number of carbonyl (C=O) groups is 1. The second kappa shape index (κ2) is 7.36. The molecule has 2 aromatic rings. The van der Waals surface area contributed by atoms with Crippen molar-refractivity contribution in [3.8, 4) is 6.07 Å². The van der Waals surface area contributed by atoms with Crippen LogP contribution >= 0.6 is 11.3 Å². The number of carbonyl (C=O) groups excluding carboxylic acids is 1. The van der Waals surface area contributed by atoms with Crippen molar-refractivity contribution in [2.45, 2.75) is 53.5 Å². The molecule has 3 rings (SSSR count). The van der Waals surface area contributed by atoms with Crippen molar-refractivity contribution in [3.63, 3.8) is 0 Å². The molecule has 0 spiro atoms. The first-order chi connectivity index (χ1) is 13.1. The molecule has 1 aliphatic rings. The highest BCUT2D eigenvalue weighted by molar-refractivity contribution is 7.16. The molecule has 8 nitrogen and oxygen atoms in total. The van der Waals surface area contributed by atoms with E-state index in [-0.39, 0.29) is 23.7 Å². The number of aryl methyl sites for hydroxylation is 1. The summed E-state index contributed by atoms with van der Waals surface area (Å²) in [7, 11) is 0.